The maximum absolute atomic E-state index is 12.3. The van der Waals surface area contributed by atoms with E-state index in [4.69, 9.17) is 4.74 Å². The van der Waals surface area contributed by atoms with Crippen molar-refractivity contribution < 1.29 is 9.53 Å². The summed E-state index contributed by atoms with van der Waals surface area (Å²) in [6.45, 7) is 4.34. The molecule has 1 saturated heterocycles. The first-order chi connectivity index (χ1) is 9.69. The Morgan fingerprint density at radius 2 is 2.35 bits per heavy atom. The van der Waals surface area contributed by atoms with Gasteiger partial charge in [0.2, 0.25) is 11.0 Å². The molecular formula is C13H20N4O2S. The normalized spacial score (nSPS) is 23.9. The van der Waals surface area contributed by atoms with Crippen LogP contribution in [-0.4, -0.2) is 52.3 Å². The molecule has 1 aromatic heterocycles. The lowest BCUT2D eigenvalue weighted by Gasteiger charge is -2.42. The van der Waals surface area contributed by atoms with E-state index in [1.807, 2.05) is 6.92 Å². The summed E-state index contributed by atoms with van der Waals surface area (Å²) in [7, 11) is 0. The van der Waals surface area contributed by atoms with Gasteiger partial charge < -0.3 is 4.74 Å². The lowest BCUT2D eigenvalue weighted by molar-refractivity contribution is -0.133. The molecule has 0 aromatic carbocycles. The Labute approximate surface area is 122 Å². The Morgan fingerprint density at radius 1 is 1.55 bits per heavy atom. The third-order valence-electron chi connectivity index (χ3n) is 4.31. The minimum Gasteiger partial charge on any atom is -0.372 e. The first-order valence-corrected chi connectivity index (χ1v) is 8.02. The van der Waals surface area contributed by atoms with Gasteiger partial charge in [0.15, 0.2) is 0 Å². The highest BCUT2D eigenvalue weighted by Crippen LogP contribution is 2.36. The molecular weight excluding hydrogens is 276 g/mol. The molecule has 7 heteroatoms. The van der Waals surface area contributed by atoms with E-state index in [2.05, 4.69) is 20.4 Å². The zero-order valence-corrected chi connectivity index (χ0v) is 12.5. The van der Waals surface area contributed by atoms with Gasteiger partial charge in [-0.15, -0.1) is 10.2 Å². The van der Waals surface area contributed by atoms with Crippen LogP contribution in [0.1, 0.15) is 32.6 Å². The van der Waals surface area contributed by atoms with Crippen LogP contribution in [0.25, 0.3) is 0 Å². The monoisotopic (exact) mass is 296 g/mol. The SMILES string of the molecule is CC(C(=O)Nc1nncs1)N1CCOC2(CCCC2)C1. The molecule has 110 valence electrons. The lowest BCUT2D eigenvalue weighted by Crippen LogP contribution is -2.55. The van der Waals surface area contributed by atoms with Crippen LogP contribution in [0, 0.1) is 0 Å². The second-order valence-corrected chi connectivity index (χ2v) is 6.45. The first-order valence-electron chi connectivity index (χ1n) is 7.14. The number of nitrogens with one attached hydrogen (secondary N) is 1. The topological polar surface area (TPSA) is 67.4 Å². The number of amides is 1. The van der Waals surface area contributed by atoms with E-state index in [1.165, 1.54) is 24.2 Å². The molecule has 2 aliphatic rings. The van der Waals surface area contributed by atoms with Gasteiger partial charge in [0.1, 0.15) is 5.51 Å². The maximum Gasteiger partial charge on any atom is 0.243 e. The van der Waals surface area contributed by atoms with Crippen molar-refractivity contribution in [2.45, 2.75) is 44.2 Å². The third kappa shape index (κ3) is 2.84. The van der Waals surface area contributed by atoms with Gasteiger partial charge in [-0.05, 0) is 19.8 Å². The smallest absolute Gasteiger partial charge is 0.243 e. The Kier molecular flexibility index (Phi) is 4.00. The number of rotatable bonds is 3. The van der Waals surface area contributed by atoms with Gasteiger partial charge in [-0.1, -0.05) is 24.2 Å². The summed E-state index contributed by atoms with van der Waals surface area (Å²) >= 11 is 1.34. The number of hydrogen-bond donors (Lipinski definition) is 1. The molecule has 20 heavy (non-hydrogen) atoms. The van der Waals surface area contributed by atoms with Gasteiger partial charge in [0, 0.05) is 13.1 Å². The molecule has 2 heterocycles. The lowest BCUT2D eigenvalue weighted by atomic mass is 9.98. The molecule has 1 aliphatic heterocycles. The van der Waals surface area contributed by atoms with Crippen molar-refractivity contribution in [1.82, 2.24) is 15.1 Å². The highest BCUT2D eigenvalue weighted by atomic mass is 32.1. The van der Waals surface area contributed by atoms with Gasteiger partial charge in [0.05, 0.1) is 18.2 Å². The molecule has 0 bridgehead atoms. The molecule has 1 spiro atoms. The molecule has 2 fully saturated rings. The van der Waals surface area contributed by atoms with Crippen molar-refractivity contribution >= 4 is 22.4 Å². The van der Waals surface area contributed by atoms with E-state index in [0.29, 0.717) is 5.13 Å². The predicted octanol–water partition coefficient (Wildman–Crippen LogP) is 1.51. The van der Waals surface area contributed by atoms with E-state index in [-0.39, 0.29) is 17.6 Å². The van der Waals surface area contributed by atoms with E-state index in [9.17, 15) is 4.79 Å². The van der Waals surface area contributed by atoms with Crippen LogP contribution in [0.15, 0.2) is 5.51 Å². The maximum atomic E-state index is 12.3. The van der Waals surface area contributed by atoms with Gasteiger partial charge in [0.25, 0.3) is 0 Å². The molecule has 6 nitrogen and oxygen atoms in total. The summed E-state index contributed by atoms with van der Waals surface area (Å²) in [5, 5.41) is 11.0. The van der Waals surface area contributed by atoms with Crippen LogP contribution in [0.3, 0.4) is 0 Å². The molecule has 1 saturated carbocycles. The van der Waals surface area contributed by atoms with E-state index < -0.39 is 0 Å². The Balaban J connectivity index is 1.61. The fourth-order valence-corrected chi connectivity index (χ4v) is 3.58. The second kappa shape index (κ2) is 5.75. The second-order valence-electron chi connectivity index (χ2n) is 5.62. The van der Waals surface area contributed by atoms with Crippen molar-refractivity contribution in [3.05, 3.63) is 5.51 Å². The highest BCUT2D eigenvalue weighted by molar-refractivity contribution is 7.13. The quantitative estimate of drug-likeness (QED) is 0.916. The summed E-state index contributed by atoms with van der Waals surface area (Å²) < 4.78 is 6.00. The van der Waals surface area contributed by atoms with E-state index in [0.717, 1.165) is 32.5 Å². The minimum atomic E-state index is -0.166. The molecule has 1 N–H and O–H groups in total. The molecule has 1 unspecified atom stereocenters. The van der Waals surface area contributed by atoms with Crippen LogP contribution >= 0.6 is 11.3 Å². The highest BCUT2D eigenvalue weighted by Gasteiger charge is 2.41. The van der Waals surface area contributed by atoms with E-state index >= 15 is 0 Å². The van der Waals surface area contributed by atoms with Crippen LogP contribution in [0.5, 0.6) is 0 Å². The average Bonchev–Trinajstić information content (AvgIpc) is 3.10. The van der Waals surface area contributed by atoms with Gasteiger partial charge in [-0.25, -0.2) is 0 Å². The predicted molar refractivity (Wildman–Crippen MR) is 76.7 cm³/mol. The van der Waals surface area contributed by atoms with Crippen LogP contribution < -0.4 is 5.32 Å². The number of carbonyl (C=O) groups is 1. The van der Waals surface area contributed by atoms with Gasteiger partial charge in [-0.2, -0.15) is 0 Å². The summed E-state index contributed by atoms with van der Waals surface area (Å²) in [5.74, 6) is -0.0169. The third-order valence-corrected chi connectivity index (χ3v) is 4.92. The van der Waals surface area contributed by atoms with Crippen LogP contribution in [0.2, 0.25) is 0 Å². The number of hydrogen-bond acceptors (Lipinski definition) is 6. The number of aromatic nitrogens is 2. The molecule has 3 rings (SSSR count). The Hall–Kier alpha value is -1.05. The number of nitrogens with zero attached hydrogens (tertiary/aromatic N) is 3. The molecule has 1 amide bonds. The molecule has 1 aromatic rings. The van der Waals surface area contributed by atoms with Crippen LogP contribution in [0.4, 0.5) is 5.13 Å². The summed E-state index contributed by atoms with van der Waals surface area (Å²) in [6.07, 6.45) is 4.71. The van der Waals surface area contributed by atoms with Gasteiger partial charge in [-0.3, -0.25) is 15.0 Å². The summed E-state index contributed by atoms with van der Waals surface area (Å²) in [4.78, 5) is 14.5. The van der Waals surface area contributed by atoms with Crippen molar-refractivity contribution in [3.63, 3.8) is 0 Å². The first kappa shape index (κ1) is 13.9. The summed E-state index contributed by atoms with van der Waals surface area (Å²) in [6, 6.07) is -0.166. The minimum absolute atomic E-state index is 0.00444. The Morgan fingerprint density at radius 3 is 3.05 bits per heavy atom. The zero-order chi connectivity index (χ0) is 14.0. The van der Waals surface area contributed by atoms with Crippen LogP contribution in [-0.2, 0) is 9.53 Å². The molecule has 0 radical (unpaired) electrons. The average molecular weight is 296 g/mol. The fourth-order valence-electron chi connectivity index (χ4n) is 3.13. The number of morpholine rings is 1. The number of ether oxygens (including phenoxy) is 1. The van der Waals surface area contributed by atoms with E-state index in [1.54, 1.807) is 5.51 Å². The van der Waals surface area contributed by atoms with Gasteiger partial charge >= 0.3 is 0 Å². The fraction of sp³-hybridized carbons (Fsp3) is 0.769. The Bertz CT molecular complexity index is 459. The van der Waals surface area contributed by atoms with Crippen molar-refractivity contribution in [1.29, 1.82) is 0 Å². The zero-order valence-electron chi connectivity index (χ0n) is 11.7. The molecule has 1 aliphatic carbocycles. The molecule has 1 atom stereocenters. The standard InChI is InChI=1S/C13H20N4O2S/c1-10(11(18)15-12-16-14-9-20-12)17-6-7-19-13(8-17)4-2-3-5-13/h9-10H,2-8H2,1H3,(H,15,16,18). The number of anilines is 1. The number of carbonyl (C=O) groups excluding carboxylic acids is 1. The summed E-state index contributed by atoms with van der Waals surface area (Å²) in [5.41, 5.74) is 1.61. The van der Waals surface area contributed by atoms with Crippen molar-refractivity contribution in [2.75, 3.05) is 25.0 Å². The largest absolute Gasteiger partial charge is 0.372 e. The van der Waals surface area contributed by atoms with Crippen molar-refractivity contribution in [2.24, 2.45) is 0 Å². The van der Waals surface area contributed by atoms with Crippen molar-refractivity contribution in [3.8, 4) is 0 Å².